The number of hydrogen-bond donors (Lipinski definition) is 2. The Kier molecular flexibility index (Phi) is 2.86. The lowest BCUT2D eigenvalue weighted by molar-refractivity contribution is -0.0183. The van der Waals surface area contributed by atoms with Crippen LogP contribution in [0.25, 0.3) is 0 Å². The highest BCUT2D eigenvalue weighted by atomic mass is 16.5. The molecule has 2 aliphatic heterocycles. The van der Waals surface area contributed by atoms with Crippen LogP contribution in [0.3, 0.4) is 0 Å². The van der Waals surface area contributed by atoms with Gasteiger partial charge in [0.25, 0.3) is 0 Å². The fraction of sp³-hybridized carbons (Fsp3) is 1.00. The zero-order chi connectivity index (χ0) is 9.26. The molecule has 4 atom stereocenters. The first kappa shape index (κ1) is 9.44. The van der Waals surface area contributed by atoms with Crippen LogP contribution in [0.15, 0.2) is 0 Å². The van der Waals surface area contributed by atoms with Crippen molar-refractivity contribution in [3.63, 3.8) is 0 Å². The summed E-state index contributed by atoms with van der Waals surface area (Å²) in [7, 11) is 0. The predicted molar refractivity (Wildman–Crippen MR) is 52.6 cm³/mol. The molecule has 0 saturated carbocycles. The molecule has 2 heterocycles. The number of nitrogens with one attached hydrogen (secondary N) is 1. The molecule has 2 rings (SSSR count). The van der Waals surface area contributed by atoms with Gasteiger partial charge >= 0.3 is 0 Å². The van der Waals surface area contributed by atoms with Crippen molar-refractivity contribution in [3.05, 3.63) is 0 Å². The molecule has 76 valence electrons. The van der Waals surface area contributed by atoms with Crippen molar-refractivity contribution in [1.82, 2.24) is 5.32 Å². The second-order valence-corrected chi connectivity index (χ2v) is 4.36. The van der Waals surface area contributed by atoms with E-state index in [1.807, 2.05) is 0 Å². The molecule has 0 spiro atoms. The van der Waals surface area contributed by atoms with Gasteiger partial charge in [-0.05, 0) is 32.6 Å². The molecule has 3 heteroatoms. The zero-order valence-corrected chi connectivity index (χ0v) is 8.33. The topological polar surface area (TPSA) is 47.3 Å². The lowest BCUT2D eigenvalue weighted by Crippen LogP contribution is -2.48. The van der Waals surface area contributed by atoms with Crippen LogP contribution in [-0.2, 0) is 4.74 Å². The summed E-state index contributed by atoms with van der Waals surface area (Å²) in [5.41, 5.74) is 5.58. The monoisotopic (exact) mass is 184 g/mol. The summed E-state index contributed by atoms with van der Waals surface area (Å²) in [5.74, 6) is 0. The molecule has 4 unspecified atom stereocenters. The highest BCUT2D eigenvalue weighted by Gasteiger charge is 2.36. The summed E-state index contributed by atoms with van der Waals surface area (Å²) in [6.45, 7) is 2.85. The van der Waals surface area contributed by atoms with Gasteiger partial charge in [0.1, 0.15) is 0 Å². The van der Waals surface area contributed by atoms with Crippen molar-refractivity contribution in [1.29, 1.82) is 0 Å². The Bertz CT molecular complexity index is 174. The van der Waals surface area contributed by atoms with Gasteiger partial charge in [0, 0.05) is 18.6 Å². The third kappa shape index (κ3) is 2.03. The maximum Gasteiger partial charge on any atom is 0.0732 e. The van der Waals surface area contributed by atoms with Crippen molar-refractivity contribution in [3.8, 4) is 0 Å². The number of rotatable bonds is 3. The number of hydrogen-bond acceptors (Lipinski definition) is 3. The van der Waals surface area contributed by atoms with E-state index in [2.05, 4.69) is 12.2 Å². The second-order valence-electron chi connectivity index (χ2n) is 4.36. The Morgan fingerprint density at radius 3 is 2.92 bits per heavy atom. The smallest absolute Gasteiger partial charge is 0.0732 e. The Balaban J connectivity index is 1.85. The molecule has 0 aliphatic carbocycles. The molecule has 3 N–H and O–H groups in total. The first-order valence-corrected chi connectivity index (χ1v) is 5.41. The van der Waals surface area contributed by atoms with Crippen LogP contribution in [0, 0.1) is 0 Å². The summed E-state index contributed by atoms with van der Waals surface area (Å²) in [4.78, 5) is 0. The predicted octanol–water partition coefficient (Wildman–Crippen LogP) is 0.633. The van der Waals surface area contributed by atoms with E-state index in [0.29, 0.717) is 30.8 Å². The molecule has 2 bridgehead atoms. The maximum atomic E-state index is 5.85. The van der Waals surface area contributed by atoms with Crippen molar-refractivity contribution >= 4 is 0 Å². The Morgan fingerprint density at radius 1 is 1.38 bits per heavy atom. The number of fused-ring (bicyclic) bond motifs is 2. The quantitative estimate of drug-likeness (QED) is 0.676. The Hall–Kier alpha value is -0.120. The minimum Gasteiger partial charge on any atom is -0.373 e. The van der Waals surface area contributed by atoms with Gasteiger partial charge in [0.05, 0.1) is 12.2 Å². The normalized spacial score (nSPS) is 40.6. The SMILES string of the molecule is CC(CN)NC1CCC2CCC1O2. The summed E-state index contributed by atoms with van der Waals surface area (Å²) in [5, 5.41) is 3.55. The summed E-state index contributed by atoms with van der Waals surface area (Å²) >= 11 is 0. The molecule has 0 aromatic heterocycles. The van der Waals surface area contributed by atoms with Crippen molar-refractivity contribution in [2.75, 3.05) is 6.54 Å². The summed E-state index contributed by atoms with van der Waals surface area (Å²) in [6, 6.07) is 0.975. The molecule has 2 fully saturated rings. The molecule has 2 aliphatic rings. The average molecular weight is 184 g/mol. The fourth-order valence-corrected chi connectivity index (χ4v) is 2.42. The van der Waals surface area contributed by atoms with E-state index in [1.165, 1.54) is 25.7 Å². The van der Waals surface area contributed by atoms with Crippen molar-refractivity contribution in [2.45, 2.75) is 56.9 Å². The molecule has 3 nitrogen and oxygen atoms in total. The second kappa shape index (κ2) is 3.95. The van der Waals surface area contributed by atoms with Crippen LogP contribution >= 0.6 is 0 Å². The third-order valence-corrected chi connectivity index (χ3v) is 3.24. The van der Waals surface area contributed by atoms with Crippen LogP contribution in [0.5, 0.6) is 0 Å². The van der Waals surface area contributed by atoms with Crippen LogP contribution in [0.4, 0.5) is 0 Å². The minimum atomic E-state index is 0.422. The van der Waals surface area contributed by atoms with Gasteiger partial charge in [-0.25, -0.2) is 0 Å². The molecule has 0 aromatic carbocycles. The van der Waals surface area contributed by atoms with E-state index in [9.17, 15) is 0 Å². The molecule has 13 heavy (non-hydrogen) atoms. The van der Waals surface area contributed by atoms with Gasteiger partial charge < -0.3 is 15.8 Å². The van der Waals surface area contributed by atoms with Gasteiger partial charge in [-0.15, -0.1) is 0 Å². The summed E-state index contributed by atoms with van der Waals surface area (Å²) < 4.78 is 5.85. The lowest BCUT2D eigenvalue weighted by atomic mass is 10.0. The fourth-order valence-electron chi connectivity index (χ4n) is 2.42. The maximum absolute atomic E-state index is 5.85. The molecule has 0 amide bonds. The van der Waals surface area contributed by atoms with Gasteiger partial charge in [-0.1, -0.05) is 0 Å². The molecular weight excluding hydrogens is 164 g/mol. The van der Waals surface area contributed by atoms with Crippen molar-refractivity contribution in [2.24, 2.45) is 5.73 Å². The Morgan fingerprint density at radius 2 is 2.15 bits per heavy atom. The zero-order valence-electron chi connectivity index (χ0n) is 8.33. The van der Waals surface area contributed by atoms with Crippen LogP contribution in [0.2, 0.25) is 0 Å². The third-order valence-electron chi connectivity index (χ3n) is 3.24. The van der Waals surface area contributed by atoms with E-state index in [0.717, 1.165) is 0 Å². The van der Waals surface area contributed by atoms with Crippen LogP contribution in [0.1, 0.15) is 32.6 Å². The van der Waals surface area contributed by atoms with E-state index in [4.69, 9.17) is 10.5 Å². The molecule has 0 aromatic rings. The minimum absolute atomic E-state index is 0.422. The molecule has 0 radical (unpaired) electrons. The van der Waals surface area contributed by atoms with E-state index < -0.39 is 0 Å². The highest BCUT2D eigenvalue weighted by Crippen LogP contribution is 2.32. The van der Waals surface area contributed by atoms with E-state index in [1.54, 1.807) is 0 Å². The first-order valence-electron chi connectivity index (χ1n) is 5.41. The number of ether oxygens (including phenoxy) is 1. The lowest BCUT2D eigenvalue weighted by Gasteiger charge is -2.32. The van der Waals surface area contributed by atoms with E-state index in [-0.39, 0.29) is 0 Å². The average Bonchev–Trinajstić information content (AvgIpc) is 2.54. The van der Waals surface area contributed by atoms with E-state index >= 15 is 0 Å². The Labute approximate surface area is 80.0 Å². The number of nitrogens with two attached hydrogens (primary N) is 1. The largest absolute Gasteiger partial charge is 0.373 e. The van der Waals surface area contributed by atoms with Gasteiger partial charge in [0.15, 0.2) is 0 Å². The highest BCUT2D eigenvalue weighted by molar-refractivity contribution is 4.90. The molecule has 2 saturated heterocycles. The standard InChI is InChI=1S/C10H20N2O/c1-7(6-11)12-9-4-2-8-3-5-10(9)13-8/h7-10,12H,2-6,11H2,1H3. The molecular formula is C10H20N2O. The van der Waals surface area contributed by atoms with Crippen molar-refractivity contribution < 1.29 is 4.74 Å². The van der Waals surface area contributed by atoms with Gasteiger partial charge in [-0.2, -0.15) is 0 Å². The first-order chi connectivity index (χ1) is 6.29. The van der Waals surface area contributed by atoms with Gasteiger partial charge in [-0.3, -0.25) is 0 Å². The van der Waals surface area contributed by atoms with Gasteiger partial charge in [0.2, 0.25) is 0 Å². The summed E-state index contributed by atoms with van der Waals surface area (Å²) in [6.07, 6.45) is 6.02. The van der Waals surface area contributed by atoms with Crippen LogP contribution in [-0.4, -0.2) is 30.8 Å². The van der Waals surface area contributed by atoms with Crippen LogP contribution < -0.4 is 11.1 Å².